The van der Waals surface area contributed by atoms with Gasteiger partial charge in [-0.1, -0.05) is 42.5 Å². The lowest BCUT2D eigenvalue weighted by Gasteiger charge is -2.25. The zero-order valence-electron chi connectivity index (χ0n) is 21.4. The number of para-hydroxylation sites is 3. The number of carbonyl (C=O) groups excluding carboxylic acids is 1. The number of amides is 2. The van der Waals surface area contributed by atoms with Crippen molar-refractivity contribution in [1.29, 1.82) is 0 Å². The van der Waals surface area contributed by atoms with Crippen LogP contribution in [-0.4, -0.2) is 33.9 Å². The van der Waals surface area contributed by atoms with Crippen molar-refractivity contribution in [2.24, 2.45) is 0 Å². The lowest BCUT2D eigenvalue weighted by atomic mass is 10.2. The first-order valence-corrected chi connectivity index (χ1v) is 12.1. The summed E-state index contributed by atoms with van der Waals surface area (Å²) in [6.07, 6.45) is 0. The third-order valence-electron chi connectivity index (χ3n) is 5.75. The van der Waals surface area contributed by atoms with Crippen LogP contribution in [0.5, 0.6) is 17.4 Å². The van der Waals surface area contributed by atoms with E-state index in [2.05, 4.69) is 5.32 Å². The van der Waals surface area contributed by atoms with Crippen LogP contribution in [-0.2, 0) is 13.1 Å². The second-order valence-corrected chi connectivity index (χ2v) is 8.96. The molecule has 0 aliphatic heterocycles. The highest BCUT2D eigenvalue weighted by Crippen LogP contribution is 2.36. The first-order chi connectivity index (χ1) is 17.9. The molecule has 0 saturated carbocycles. The second kappa shape index (κ2) is 11.6. The van der Waals surface area contributed by atoms with Crippen LogP contribution in [0, 0.1) is 12.7 Å². The molecule has 7 nitrogen and oxygen atoms in total. The highest BCUT2D eigenvalue weighted by Gasteiger charge is 2.25. The van der Waals surface area contributed by atoms with Gasteiger partial charge in [-0.15, -0.1) is 0 Å². The molecule has 0 aliphatic rings. The van der Waals surface area contributed by atoms with Crippen LogP contribution in [0.2, 0.25) is 0 Å². The fraction of sp³-hybridized carbons (Fsp3) is 0.241. The van der Waals surface area contributed by atoms with Gasteiger partial charge in [0.05, 0.1) is 30.6 Å². The summed E-state index contributed by atoms with van der Waals surface area (Å²) in [7, 11) is 1.59. The molecule has 0 fully saturated rings. The Labute approximate surface area is 216 Å². The summed E-state index contributed by atoms with van der Waals surface area (Å²) in [5, 5.41) is 7.73. The van der Waals surface area contributed by atoms with E-state index >= 15 is 0 Å². The van der Waals surface area contributed by atoms with Crippen molar-refractivity contribution < 1.29 is 18.7 Å². The van der Waals surface area contributed by atoms with E-state index in [1.807, 2.05) is 75.4 Å². The minimum Gasteiger partial charge on any atom is -0.493 e. The summed E-state index contributed by atoms with van der Waals surface area (Å²) in [6, 6.07) is 22.9. The molecule has 3 aromatic carbocycles. The van der Waals surface area contributed by atoms with Crippen LogP contribution in [0.25, 0.3) is 5.69 Å². The summed E-state index contributed by atoms with van der Waals surface area (Å²) in [5.41, 5.74) is 3.09. The normalized spacial score (nSPS) is 10.9. The fourth-order valence-electron chi connectivity index (χ4n) is 3.92. The predicted octanol–water partition coefficient (Wildman–Crippen LogP) is 6.24. The van der Waals surface area contributed by atoms with Crippen molar-refractivity contribution in [3.8, 4) is 23.1 Å². The minimum atomic E-state index is -0.325. The number of hydrogen-bond donors (Lipinski definition) is 1. The molecule has 37 heavy (non-hydrogen) atoms. The average molecular weight is 503 g/mol. The summed E-state index contributed by atoms with van der Waals surface area (Å²) in [6.45, 7) is 6.20. The molecule has 1 aromatic heterocycles. The SMILES string of the molecule is COc1ccccc1Oc1c(CN(Cc2ccc(F)cc2)C(=O)NC(C)C)c(C)nn1-c1ccccc1. The molecular formula is C29H31FN4O3. The third-order valence-corrected chi connectivity index (χ3v) is 5.75. The zero-order valence-corrected chi connectivity index (χ0v) is 21.4. The molecule has 0 saturated heterocycles. The Balaban J connectivity index is 1.77. The Morgan fingerprint density at radius 1 is 0.973 bits per heavy atom. The molecule has 0 atom stereocenters. The molecule has 4 rings (SSSR count). The lowest BCUT2D eigenvalue weighted by Crippen LogP contribution is -2.42. The van der Waals surface area contributed by atoms with Gasteiger partial charge in [0.2, 0.25) is 5.88 Å². The number of nitrogens with zero attached hydrogens (tertiary/aromatic N) is 3. The van der Waals surface area contributed by atoms with E-state index in [0.29, 0.717) is 17.4 Å². The highest BCUT2D eigenvalue weighted by molar-refractivity contribution is 5.74. The number of aromatic nitrogens is 2. The van der Waals surface area contributed by atoms with Crippen molar-refractivity contribution in [2.45, 2.75) is 39.9 Å². The Kier molecular flexibility index (Phi) is 8.08. The van der Waals surface area contributed by atoms with Crippen molar-refractivity contribution in [3.63, 3.8) is 0 Å². The molecule has 0 spiro atoms. The molecule has 8 heteroatoms. The maximum Gasteiger partial charge on any atom is 0.318 e. The molecule has 192 valence electrons. The van der Waals surface area contributed by atoms with Gasteiger partial charge in [0.15, 0.2) is 11.5 Å². The van der Waals surface area contributed by atoms with Crippen LogP contribution in [0.1, 0.15) is 30.7 Å². The molecule has 0 radical (unpaired) electrons. The molecule has 2 amide bonds. The maximum absolute atomic E-state index is 13.5. The molecule has 0 aliphatic carbocycles. The third kappa shape index (κ3) is 6.27. The van der Waals surface area contributed by atoms with Gasteiger partial charge in [-0.05, 0) is 62.7 Å². The first-order valence-electron chi connectivity index (χ1n) is 12.1. The monoisotopic (exact) mass is 502 g/mol. The quantitative estimate of drug-likeness (QED) is 0.294. The number of carbonyl (C=O) groups is 1. The largest absolute Gasteiger partial charge is 0.493 e. The van der Waals surface area contributed by atoms with Gasteiger partial charge in [-0.2, -0.15) is 5.10 Å². The van der Waals surface area contributed by atoms with Gasteiger partial charge in [0.25, 0.3) is 0 Å². The second-order valence-electron chi connectivity index (χ2n) is 8.96. The van der Waals surface area contributed by atoms with Crippen molar-refractivity contribution >= 4 is 6.03 Å². The number of methoxy groups -OCH3 is 1. The van der Waals surface area contributed by atoms with E-state index in [1.54, 1.807) is 28.8 Å². The number of urea groups is 1. The molecule has 0 bridgehead atoms. The number of benzene rings is 3. The van der Waals surface area contributed by atoms with Gasteiger partial charge >= 0.3 is 6.03 Å². The minimum absolute atomic E-state index is 0.0549. The van der Waals surface area contributed by atoms with Gasteiger partial charge in [-0.25, -0.2) is 13.9 Å². The zero-order chi connectivity index (χ0) is 26.4. The Hall–Kier alpha value is -4.33. The maximum atomic E-state index is 13.5. The number of aryl methyl sites for hydroxylation is 1. The average Bonchev–Trinajstić information content (AvgIpc) is 3.20. The van der Waals surface area contributed by atoms with Gasteiger partial charge in [0, 0.05) is 12.6 Å². The lowest BCUT2D eigenvalue weighted by molar-refractivity contribution is 0.189. The smallest absolute Gasteiger partial charge is 0.318 e. The number of rotatable bonds is 9. The summed E-state index contributed by atoms with van der Waals surface area (Å²) in [5.74, 6) is 1.26. The van der Waals surface area contributed by atoms with Crippen LogP contribution in [0.4, 0.5) is 9.18 Å². The van der Waals surface area contributed by atoms with E-state index < -0.39 is 0 Å². The Bertz CT molecular complexity index is 1340. The van der Waals surface area contributed by atoms with Crippen molar-refractivity contribution in [3.05, 3.63) is 102 Å². The van der Waals surface area contributed by atoms with E-state index in [-0.39, 0.29) is 31.0 Å². The summed E-state index contributed by atoms with van der Waals surface area (Å²) < 4.78 is 27.2. The molecule has 1 N–H and O–H groups in total. The number of nitrogens with one attached hydrogen (secondary N) is 1. The van der Waals surface area contributed by atoms with Crippen LogP contribution < -0.4 is 14.8 Å². The Morgan fingerprint density at radius 3 is 2.27 bits per heavy atom. The predicted molar refractivity (Wildman–Crippen MR) is 141 cm³/mol. The standard InChI is InChI=1S/C29H31FN4O3/c1-20(2)31-29(35)33(18-22-14-16-23(30)17-15-22)19-25-21(3)32-34(24-10-6-5-7-11-24)28(25)37-27-13-9-8-12-26(27)36-4/h5-17,20H,18-19H2,1-4H3,(H,31,35). The number of halogens is 1. The molecule has 0 unspecified atom stereocenters. The van der Waals surface area contributed by atoms with Crippen LogP contribution >= 0.6 is 0 Å². The molecular weight excluding hydrogens is 471 g/mol. The van der Waals surface area contributed by atoms with Crippen LogP contribution in [0.3, 0.4) is 0 Å². The number of ether oxygens (including phenoxy) is 2. The summed E-state index contributed by atoms with van der Waals surface area (Å²) >= 11 is 0. The first kappa shape index (κ1) is 25.8. The van der Waals surface area contributed by atoms with Crippen molar-refractivity contribution in [2.75, 3.05) is 7.11 Å². The van der Waals surface area contributed by atoms with E-state index in [4.69, 9.17) is 14.6 Å². The molecule has 1 heterocycles. The molecule has 4 aromatic rings. The van der Waals surface area contributed by atoms with Crippen molar-refractivity contribution in [1.82, 2.24) is 20.0 Å². The fourth-order valence-corrected chi connectivity index (χ4v) is 3.92. The summed E-state index contributed by atoms with van der Waals surface area (Å²) in [4.78, 5) is 14.9. The van der Waals surface area contributed by atoms with Crippen LogP contribution in [0.15, 0.2) is 78.9 Å². The Morgan fingerprint density at radius 2 is 1.62 bits per heavy atom. The topological polar surface area (TPSA) is 68.6 Å². The van der Waals surface area contributed by atoms with E-state index in [9.17, 15) is 9.18 Å². The number of hydrogen-bond acceptors (Lipinski definition) is 4. The highest BCUT2D eigenvalue weighted by atomic mass is 19.1. The van der Waals surface area contributed by atoms with Gasteiger partial charge in [0.1, 0.15) is 5.82 Å². The van der Waals surface area contributed by atoms with E-state index in [0.717, 1.165) is 22.5 Å². The van der Waals surface area contributed by atoms with Gasteiger partial charge in [-0.3, -0.25) is 0 Å². The van der Waals surface area contributed by atoms with Gasteiger partial charge < -0.3 is 19.7 Å². The van der Waals surface area contributed by atoms with E-state index in [1.165, 1.54) is 12.1 Å².